The minimum Gasteiger partial charge on any atom is -0.465 e. The van der Waals surface area contributed by atoms with Crippen molar-refractivity contribution in [3.8, 4) is 5.88 Å². The van der Waals surface area contributed by atoms with Crippen molar-refractivity contribution < 1.29 is 40.6 Å². The number of pyridine rings is 1. The molecule has 0 unspecified atom stereocenters. The minimum atomic E-state index is -5.74. The van der Waals surface area contributed by atoms with Crippen LogP contribution in [-0.2, 0) is 4.74 Å². The van der Waals surface area contributed by atoms with E-state index in [4.69, 9.17) is 5.73 Å². The molecule has 1 heterocycles. The number of halogens is 6. The van der Waals surface area contributed by atoms with Crippen LogP contribution in [0.4, 0.5) is 32.0 Å². The fourth-order valence-electron chi connectivity index (χ4n) is 1.25. The Morgan fingerprint density at radius 1 is 1.24 bits per heavy atom. The van der Waals surface area contributed by atoms with Crippen molar-refractivity contribution in [2.75, 3.05) is 12.8 Å². The lowest BCUT2D eigenvalue weighted by Gasteiger charge is -2.24. The Bertz CT molecular complexity index is 515. The van der Waals surface area contributed by atoms with Crippen LogP contribution in [0, 0.1) is 0 Å². The number of hydrogen-bond donors (Lipinski definition) is 1. The molecule has 11 heteroatoms. The van der Waals surface area contributed by atoms with Gasteiger partial charge in [-0.05, 0) is 6.07 Å². The number of carbonyl (C=O) groups is 1. The van der Waals surface area contributed by atoms with E-state index in [9.17, 15) is 31.1 Å². The molecule has 1 aromatic heterocycles. The van der Waals surface area contributed by atoms with Crippen LogP contribution in [0.15, 0.2) is 12.3 Å². The van der Waals surface area contributed by atoms with E-state index in [0.717, 1.165) is 19.4 Å². The zero-order chi connectivity index (χ0) is 16.4. The average Bonchev–Trinajstić information content (AvgIpc) is 2.33. The lowest BCUT2D eigenvalue weighted by Crippen LogP contribution is -2.47. The summed E-state index contributed by atoms with van der Waals surface area (Å²) in [6.07, 6.45) is -14.9. The molecule has 0 aliphatic carbocycles. The predicted octanol–water partition coefficient (Wildman–Crippen LogP) is 2.32. The van der Waals surface area contributed by atoms with Crippen molar-refractivity contribution in [2.24, 2.45) is 0 Å². The first kappa shape index (κ1) is 16.9. The zero-order valence-corrected chi connectivity index (χ0v) is 10.2. The number of anilines is 1. The fraction of sp³-hybridized carbons (Fsp3) is 0.400. The largest absolute Gasteiger partial charge is 0.465 e. The summed E-state index contributed by atoms with van der Waals surface area (Å²) >= 11 is 0. The van der Waals surface area contributed by atoms with Crippen molar-refractivity contribution in [1.82, 2.24) is 4.98 Å². The van der Waals surface area contributed by atoms with Gasteiger partial charge >= 0.3 is 18.3 Å². The molecule has 0 saturated heterocycles. The van der Waals surface area contributed by atoms with Crippen LogP contribution >= 0.6 is 0 Å². The van der Waals surface area contributed by atoms with Gasteiger partial charge in [0.1, 0.15) is 5.56 Å². The van der Waals surface area contributed by atoms with E-state index in [-0.39, 0.29) is 5.69 Å². The minimum absolute atomic E-state index is 0.168. The highest BCUT2D eigenvalue weighted by atomic mass is 19.4. The van der Waals surface area contributed by atoms with Gasteiger partial charge in [0.25, 0.3) is 6.10 Å². The van der Waals surface area contributed by atoms with Crippen molar-refractivity contribution in [3.05, 3.63) is 17.8 Å². The van der Waals surface area contributed by atoms with Crippen LogP contribution in [0.5, 0.6) is 5.88 Å². The number of methoxy groups -OCH3 is 1. The van der Waals surface area contributed by atoms with Crippen LogP contribution in [0.3, 0.4) is 0 Å². The van der Waals surface area contributed by atoms with Crippen LogP contribution < -0.4 is 10.5 Å². The average molecular weight is 318 g/mol. The Labute approximate surface area is 113 Å². The molecule has 0 amide bonds. The summed E-state index contributed by atoms with van der Waals surface area (Å²) in [7, 11) is 0.875. The van der Waals surface area contributed by atoms with E-state index in [1.54, 1.807) is 0 Å². The summed E-state index contributed by atoms with van der Waals surface area (Å²) in [6.45, 7) is 0. The first-order chi connectivity index (χ1) is 9.46. The van der Waals surface area contributed by atoms with Gasteiger partial charge in [-0.15, -0.1) is 0 Å². The standard InChI is InChI=1S/C10H8F6N2O3/c1-20-7(19)5-2-4(17)3-18-6(5)21-8(9(11,12)13)10(14,15)16/h2-3,8H,17H2,1H3. The van der Waals surface area contributed by atoms with Crippen molar-refractivity contribution in [1.29, 1.82) is 0 Å². The quantitative estimate of drug-likeness (QED) is 0.684. The number of aromatic nitrogens is 1. The molecular formula is C10H8F6N2O3. The molecule has 0 atom stereocenters. The van der Waals surface area contributed by atoms with Gasteiger partial charge < -0.3 is 15.2 Å². The third kappa shape index (κ3) is 4.13. The first-order valence-electron chi connectivity index (χ1n) is 5.10. The third-order valence-corrected chi connectivity index (χ3v) is 2.10. The normalized spacial score (nSPS) is 12.4. The van der Waals surface area contributed by atoms with E-state index in [1.165, 1.54) is 0 Å². The summed E-state index contributed by atoms with van der Waals surface area (Å²) in [4.78, 5) is 14.5. The summed E-state index contributed by atoms with van der Waals surface area (Å²) in [6, 6.07) is 0.790. The summed E-state index contributed by atoms with van der Waals surface area (Å²) in [5.41, 5.74) is 4.33. The molecule has 2 N–H and O–H groups in total. The number of ether oxygens (including phenoxy) is 2. The van der Waals surface area contributed by atoms with E-state index in [0.29, 0.717) is 0 Å². The van der Waals surface area contributed by atoms with Crippen molar-refractivity contribution in [3.63, 3.8) is 0 Å². The molecule has 118 valence electrons. The number of alkyl halides is 6. The van der Waals surface area contributed by atoms with E-state index in [2.05, 4.69) is 14.5 Å². The molecule has 5 nitrogen and oxygen atoms in total. The predicted molar refractivity (Wildman–Crippen MR) is 56.5 cm³/mol. The first-order valence-corrected chi connectivity index (χ1v) is 5.10. The second-order valence-electron chi connectivity index (χ2n) is 3.69. The molecule has 0 spiro atoms. The Kier molecular flexibility index (Phi) is 4.54. The summed E-state index contributed by atoms with van der Waals surface area (Å²) < 4.78 is 82.3. The molecule has 21 heavy (non-hydrogen) atoms. The Morgan fingerprint density at radius 2 is 1.76 bits per heavy atom. The van der Waals surface area contributed by atoms with Gasteiger partial charge in [0.05, 0.1) is 19.0 Å². The van der Waals surface area contributed by atoms with Gasteiger partial charge in [0.15, 0.2) is 0 Å². The maximum atomic E-state index is 12.4. The molecule has 0 aliphatic heterocycles. The Morgan fingerprint density at radius 3 is 2.19 bits per heavy atom. The van der Waals surface area contributed by atoms with Gasteiger partial charge in [-0.1, -0.05) is 0 Å². The molecule has 0 aliphatic rings. The van der Waals surface area contributed by atoms with Gasteiger partial charge in [-0.3, -0.25) is 0 Å². The van der Waals surface area contributed by atoms with E-state index in [1.807, 2.05) is 0 Å². The highest BCUT2D eigenvalue weighted by Gasteiger charge is 2.59. The number of rotatable bonds is 3. The third-order valence-electron chi connectivity index (χ3n) is 2.10. The van der Waals surface area contributed by atoms with Crippen LogP contribution in [0.25, 0.3) is 0 Å². The number of esters is 1. The molecule has 0 fully saturated rings. The fourth-order valence-corrected chi connectivity index (χ4v) is 1.25. The number of nitrogens with zero attached hydrogens (tertiary/aromatic N) is 1. The van der Waals surface area contributed by atoms with Crippen LogP contribution in [0.2, 0.25) is 0 Å². The highest BCUT2D eigenvalue weighted by molar-refractivity contribution is 5.92. The smallest absolute Gasteiger partial charge is 0.434 e. The highest BCUT2D eigenvalue weighted by Crippen LogP contribution is 2.37. The number of nitrogen functional groups attached to an aromatic ring is 1. The molecule has 1 aromatic rings. The van der Waals surface area contributed by atoms with Gasteiger partial charge in [0.2, 0.25) is 5.88 Å². The lowest BCUT2D eigenvalue weighted by molar-refractivity contribution is -0.300. The monoisotopic (exact) mass is 318 g/mol. The summed E-state index contributed by atoms with van der Waals surface area (Å²) in [5, 5.41) is 0. The molecule has 0 radical (unpaired) electrons. The van der Waals surface area contributed by atoms with Crippen LogP contribution in [-0.4, -0.2) is 36.5 Å². The topological polar surface area (TPSA) is 74.4 Å². The van der Waals surface area contributed by atoms with E-state index < -0.39 is 35.9 Å². The number of hydrogen-bond acceptors (Lipinski definition) is 5. The lowest BCUT2D eigenvalue weighted by atomic mass is 10.2. The SMILES string of the molecule is COC(=O)c1cc(N)cnc1OC(C(F)(F)F)C(F)(F)F. The van der Waals surface area contributed by atoms with Gasteiger partial charge in [-0.25, -0.2) is 9.78 Å². The second-order valence-corrected chi connectivity index (χ2v) is 3.69. The molecule has 1 rings (SSSR count). The Balaban J connectivity index is 3.25. The van der Waals surface area contributed by atoms with E-state index >= 15 is 0 Å². The molecule has 0 bridgehead atoms. The maximum absolute atomic E-state index is 12.4. The zero-order valence-electron chi connectivity index (χ0n) is 10.2. The molecule has 0 aromatic carbocycles. The van der Waals surface area contributed by atoms with Crippen molar-refractivity contribution >= 4 is 11.7 Å². The Hall–Kier alpha value is -2.20. The summed E-state index contributed by atoms with van der Waals surface area (Å²) in [5.74, 6) is -2.43. The molecule has 0 saturated carbocycles. The van der Waals surface area contributed by atoms with Crippen LogP contribution in [0.1, 0.15) is 10.4 Å². The second kappa shape index (κ2) is 5.66. The van der Waals surface area contributed by atoms with Gasteiger partial charge in [-0.2, -0.15) is 26.3 Å². The van der Waals surface area contributed by atoms with Crippen molar-refractivity contribution in [2.45, 2.75) is 18.5 Å². The maximum Gasteiger partial charge on any atom is 0.434 e. The molecular weight excluding hydrogens is 310 g/mol. The number of nitrogens with two attached hydrogens (primary N) is 1. The van der Waals surface area contributed by atoms with Gasteiger partial charge in [0, 0.05) is 0 Å². The number of carbonyl (C=O) groups excluding carboxylic acids is 1.